The van der Waals surface area contributed by atoms with Crippen LogP contribution in [0.25, 0.3) is 10.9 Å². The van der Waals surface area contributed by atoms with E-state index in [0.717, 1.165) is 58.4 Å². The van der Waals surface area contributed by atoms with E-state index in [9.17, 15) is 23.6 Å². The molecule has 4 heterocycles. The van der Waals surface area contributed by atoms with Crippen molar-refractivity contribution in [3.05, 3.63) is 58.1 Å². The highest BCUT2D eigenvalue weighted by Gasteiger charge is 2.36. The second-order valence-corrected chi connectivity index (χ2v) is 13.5. The maximum absolute atomic E-state index is 15.3. The number of fused-ring (bicyclic) bond motifs is 1. The molecule has 4 aliphatic rings. The zero-order chi connectivity index (χ0) is 34.8. The van der Waals surface area contributed by atoms with Crippen molar-refractivity contribution in [3.8, 4) is 5.75 Å². The first-order valence-electron chi connectivity index (χ1n) is 17.4. The van der Waals surface area contributed by atoms with Crippen LogP contribution in [0.5, 0.6) is 5.75 Å². The lowest BCUT2D eigenvalue weighted by atomic mass is 10.0. The predicted octanol–water partition coefficient (Wildman–Crippen LogP) is 2.84. The lowest BCUT2D eigenvalue weighted by Crippen LogP contribution is -2.53. The average Bonchev–Trinajstić information content (AvgIpc) is 3.95. The van der Waals surface area contributed by atoms with Crippen molar-refractivity contribution in [2.24, 2.45) is 5.92 Å². The van der Waals surface area contributed by atoms with Gasteiger partial charge in [0.25, 0.3) is 17.4 Å². The minimum absolute atomic E-state index is 0.0211. The Morgan fingerprint density at radius 3 is 2.44 bits per heavy atom. The zero-order valence-corrected chi connectivity index (χ0v) is 27.7. The molecule has 0 radical (unpaired) electrons. The molecule has 7 rings (SSSR count). The van der Waals surface area contributed by atoms with Gasteiger partial charge < -0.3 is 29.7 Å². The molecule has 0 spiro atoms. The molecule has 2 amide bonds. The molecule has 4 fully saturated rings. The van der Waals surface area contributed by atoms with Crippen LogP contribution in [0, 0.1) is 17.6 Å². The number of piperidine rings is 2. The highest BCUT2D eigenvalue weighted by molar-refractivity contribution is 6.00. The first kappa shape index (κ1) is 33.8. The maximum atomic E-state index is 15.3. The molecule has 1 unspecified atom stereocenters. The van der Waals surface area contributed by atoms with Gasteiger partial charge in [0, 0.05) is 82.5 Å². The van der Waals surface area contributed by atoms with Crippen molar-refractivity contribution in [2.75, 3.05) is 62.6 Å². The Morgan fingerprint density at radius 1 is 0.940 bits per heavy atom. The van der Waals surface area contributed by atoms with Crippen molar-refractivity contribution in [2.45, 2.75) is 57.0 Å². The summed E-state index contributed by atoms with van der Waals surface area (Å²) in [5.74, 6) is -0.857. The summed E-state index contributed by atoms with van der Waals surface area (Å²) < 4.78 is 35.7. The highest BCUT2D eigenvalue weighted by atomic mass is 19.1. The molecule has 2 N–H and O–H groups in total. The number of H-pyrrole nitrogens is 1. The summed E-state index contributed by atoms with van der Waals surface area (Å²) in [5.41, 5.74) is 0.734. The molecule has 1 saturated carbocycles. The number of aromatic nitrogens is 2. The number of piperazine rings is 1. The standard InChI is InChI=1S/C35H41F2N7O6/c36-26-17-23(38-28-4-6-32(46)44(35(28)48)50-21-45)3-5-30(26)43-11-7-24(8-12-43)42-15-13-41(14-16-42)10-9-31-39-29-19-25(49-20-22-1-2-22)18-27(37)33(29)34(47)40-31/h3,5,17-19,21-22,24,28,38H,1-2,4,6-16,20H2,(H,39,40,47). The minimum Gasteiger partial charge on any atom is -0.493 e. The second kappa shape index (κ2) is 14.7. The summed E-state index contributed by atoms with van der Waals surface area (Å²) in [6.07, 6.45) is 4.84. The van der Waals surface area contributed by atoms with Crippen LogP contribution >= 0.6 is 0 Å². The largest absolute Gasteiger partial charge is 0.493 e. The van der Waals surface area contributed by atoms with Gasteiger partial charge in [-0.3, -0.25) is 24.1 Å². The monoisotopic (exact) mass is 693 g/mol. The molecule has 266 valence electrons. The Hall–Kier alpha value is -4.63. The number of hydroxylamine groups is 2. The Labute approximate surface area is 287 Å². The third-order valence-corrected chi connectivity index (χ3v) is 10.2. The van der Waals surface area contributed by atoms with Crippen molar-refractivity contribution < 1.29 is 32.7 Å². The predicted molar refractivity (Wildman–Crippen MR) is 180 cm³/mol. The first-order chi connectivity index (χ1) is 24.2. The van der Waals surface area contributed by atoms with Gasteiger partial charge in [0.2, 0.25) is 0 Å². The van der Waals surface area contributed by atoms with Crippen LogP contribution in [0.15, 0.2) is 35.1 Å². The summed E-state index contributed by atoms with van der Waals surface area (Å²) in [7, 11) is 0. The van der Waals surface area contributed by atoms with Gasteiger partial charge in [-0.2, -0.15) is 0 Å². The summed E-state index contributed by atoms with van der Waals surface area (Å²) in [6.45, 7) is 6.31. The molecule has 50 heavy (non-hydrogen) atoms. The molecule has 2 aromatic carbocycles. The number of amides is 2. The SMILES string of the molecule is O=CON1C(=O)CCC(Nc2ccc(N3CCC(N4CCN(CCc5nc6cc(OCC7CC7)cc(F)c6c(=O)[nH]5)CC4)CC3)c(F)c2)C1=O. The van der Waals surface area contributed by atoms with Gasteiger partial charge in [0.15, 0.2) is 0 Å². The van der Waals surface area contributed by atoms with E-state index < -0.39 is 35.0 Å². The van der Waals surface area contributed by atoms with Gasteiger partial charge in [-0.1, -0.05) is 0 Å². The van der Waals surface area contributed by atoms with E-state index in [1.54, 1.807) is 18.2 Å². The summed E-state index contributed by atoms with van der Waals surface area (Å²) in [5, 5.41) is 3.36. The number of aromatic amines is 1. The molecule has 0 bridgehead atoms. The van der Waals surface area contributed by atoms with Gasteiger partial charge in [0.05, 0.1) is 17.8 Å². The van der Waals surface area contributed by atoms with Crippen LogP contribution in [-0.2, 0) is 25.6 Å². The number of rotatable bonds is 12. The summed E-state index contributed by atoms with van der Waals surface area (Å²) >= 11 is 0. The third kappa shape index (κ3) is 7.58. The van der Waals surface area contributed by atoms with Gasteiger partial charge in [-0.05, 0) is 56.2 Å². The number of nitrogens with one attached hydrogen (secondary N) is 2. The molecule has 3 aliphatic heterocycles. The number of anilines is 2. The van der Waals surface area contributed by atoms with Crippen molar-refractivity contribution >= 4 is 40.6 Å². The Morgan fingerprint density at radius 2 is 1.72 bits per heavy atom. The minimum atomic E-state index is -0.815. The molecule has 1 atom stereocenters. The van der Waals surface area contributed by atoms with E-state index in [1.807, 2.05) is 4.90 Å². The van der Waals surface area contributed by atoms with Gasteiger partial charge in [-0.25, -0.2) is 13.8 Å². The number of benzene rings is 2. The number of nitrogens with zero attached hydrogens (tertiary/aromatic N) is 5. The molecule has 15 heteroatoms. The number of carbonyl (C=O) groups excluding carboxylic acids is 3. The number of hydrogen-bond donors (Lipinski definition) is 2. The molecule has 1 aliphatic carbocycles. The summed E-state index contributed by atoms with van der Waals surface area (Å²) in [6, 6.07) is 7.25. The number of ether oxygens (including phenoxy) is 1. The molecular weight excluding hydrogens is 652 g/mol. The third-order valence-electron chi connectivity index (χ3n) is 10.2. The lowest BCUT2D eigenvalue weighted by Gasteiger charge is -2.43. The van der Waals surface area contributed by atoms with Gasteiger partial charge in [0.1, 0.15) is 34.6 Å². The normalized spacial score (nSPS) is 21.1. The van der Waals surface area contributed by atoms with E-state index >= 15 is 4.39 Å². The van der Waals surface area contributed by atoms with E-state index in [4.69, 9.17) is 4.74 Å². The topological polar surface area (TPSA) is 140 Å². The number of imide groups is 1. The fourth-order valence-electron chi connectivity index (χ4n) is 7.14. The van der Waals surface area contributed by atoms with Crippen molar-refractivity contribution in [1.82, 2.24) is 24.8 Å². The maximum Gasteiger partial charge on any atom is 0.321 e. The average molecular weight is 694 g/mol. The molecule has 1 aromatic heterocycles. The fraction of sp³-hybridized carbons (Fsp3) is 0.514. The Kier molecular flexibility index (Phi) is 9.95. The van der Waals surface area contributed by atoms with Crippen molar-refractivity contribution in [3.63, 3.8) is 0 Å². The molecule has 3 saturated heterocycles. The molecule has 13 nitrogen and oxygen atoms in total. The number of halogens is 2. The van der Waals surface area contributed by atoms with Crippen LogP contribution in [0.4, 0.5) is 20.2 Å². The second-order valence-electron chi connectivity index (χ2n) is 13.5. The van der Waals surface area contributed by atoms with Gasteiger partial charge >= 0.3 is 6.47 Å². The highest BCUT2D eigenvalue weighted by Crippen LogP contribution is 2.31. The van der Waals surface area contributed by atoms with Crippen LogP contribution in [-0.4, -0.2) is 108 Å². The lowest BCUT2D eigenvalue weighted by molar-refractivity contribution is -0.197. The first-order valence-corrected chi connectivity index (χ1v) is 17.4. The van der Waals surface area contributed by atoms with E-state index in [2.05, 4.69) is 29.9 Å². The smallest absolute Gasteiger partial charge is 0.321 e. The zero-order valence-electron chi connectivity index (χ0n) is 27.7. The number of carbonyl (C=O) groups is 3. The van der Waals surface area contributed by atoms with E-state index in [1.165, 1.54) is 12.1 Å². The van der Waals surface area contributed by atoms with Crippen LogP contribution in [0.3, 0.4) is 0 Å². The molecular formula is C35H41F2N7O6. The Bertz CT molecular complexity index is 1800. The van der Waals surface area contributed by atoms with Crippen LogP contribution < -0.4 is 20.5 Å². The molecule has 3 aromatic rings. The van der Waals surface area contributed by atoms with E-state index in [-0.39, 0.29) is 24.7 Å². The Balaban J connectivity index is 0.870. The van der Waals surface area contributed by atoms with Crippen LogP contribution in [0.2, 0.25) is 0 Å². The quantitative estimate of drug-likeness (QED) is 0.214. The van der Waals surface area contributed by atoms with Crippen LogP contribution in [0.1, 0.15) is 44.3 Å². The van der Waals surface area contributed by atoms with E-state index in [0.29, 0.717) is 71.6 Å². The summed E-state index contributed by atoms with van der Waals surface area (Å²) in [4.78, 5) is 66.5. The van der Waals surface area contributed by atoms with Gasteiger partial charge in [-0.15, -0.1) is 5.06 Å². The van der Waals surface area contributed by atoms with Crippen molar-refractivity contribution in [1.29, 1.82) is 0 Å². The number of hydrogen-bond acceptors (Lipinski definition) is 11. The fourth-order valence-corrected chi connectivity index (χ4v) is 7.14.